The summed E-state index contributed by atoms with van der Waals surface area (Å²) in [6, 6.07) is 6.14. The first kappa shape index (κ1) is 18.5. The molecule has 2 aliphatic rings. The van der Waals surface area contributed by atoms with E-state index in [2.05, 4.69) is 33.8 Å². The van der Waals surface area contributed by atoms with Crippen LogP contribution in [0.5, 0.6) is 5.75 Å². The highest BCUT2D eigenvalue weighted by Gasteiger charge is 2.44. The minimum Gasteiger partial charge on any atom is -0.426 e. The minimum absolute atomic E-state index is 0.0307. The van der Waals surface area contributed by atoms with Crippen LogP contribution in [0.1, 0.15) is 31.9 Å². The van der Waals surface area contributed by atoms with Gasteiger partial charge < -0.3 is 27.5 Å². The van der Waals surface area contributed by atoms with Crippen LogP contribution in [0.15, 0.2) is 18.2 Å². The molecule has 1 N–H and O–H groups in total. The number of benzene rings is 1. The molecule has 0 aromatic heterocycles. The fraction of sp³-hybridized carbons (Fsp3) is 0.625. The van der Waals surface area contributed by atoms with Gasteiger partial charge in [-0.25, -0.2) is 0 Å². The fourth-order valence-corrected chi connectivity index (χ4v) is 4.63. The van der Waals surface area contributed by atoms with Crippen molar-refractivity contribution < 1.29 is 27.5 Å². The molecule has 0 amide bonds. The van der Waals surface area contributed by atoms with Crippen molar-refractivity contribution in [2.45, 2.75) is 33.1 Å². The van der Waals surface area contributed by atoms with Crippen molar-refractivity contribution in [3.05, 3.63) is 29.3 Å². The lowest BCUT2D eigenvalue weighted by molar-refractivity contribution is -0.0683. The molecule has 2 aliphatic heterocycles. The fourth-order valence-electron chi connectivity index (χ4n) is 2.53. The summed E-state index contributed by atoms with van der Waals surface area (Å²) in [5.41, 5.74) is 1.94. The van der Waals surface area contributed by atoms with Crippen LogP contribution in [-0.4, -0.2) is 31.3 Å². The van der Waals surface area contributed by atoms with Gasteiger partial charge in [0, 0.05) is 5.56 Å². The molecule has 1 aromatic carbocycles. The Bertz CT molecular complexity index is 570. The Balaban J connectivity index is 1.65. The first-order valence-corrected chi connectivity index (χ1v) is 10.1. The second-order valence-corrected chi connectivity index (χ2v) is 9.53. The first-order chi connectivity index (χ1) is 11.3. The first-order valence-electron chi connectivity index (χ1n) is 7.87. The second kappa shape index (κ2) is 7.13. The Labute approximate surface area is 145 Å². The van der Waals surface area contributed by atoms with E-state index in [1.165, 1.54) is 5.56 Å². The third-order valence-electron chi connectivity index (χ3n) is 4.03. The summed E-state index contributed by atoms with van der Waals surface area (Å²) in [7, 11) is -3.20. The van der Waals surface area contributed by atoms with Gasteiger partial charge in [0.1, 0.15) is 5.75 Å². The molecule has 2 fully saturated rings. The van der Waals surface area contributed by atoms with E-state index < -0.39 is 17.2 Å². The van der Waals surface area contributed by atoms with Crippen molar-refractivity contribution in [3.8, 4) is 5.75 Å². The highest BCUT2D eigenvalue weighted by atomic mass is 31.2. The van der Waals surface area contributed by atoms with Crippen LogP contribution in [0.3, 0.4) is 0 Å². The van der Waals surface area contributed by atoms with Crippen molar-refractivity contribution in [3.63, 3.8) is 0 Å². The zero-order valence-corrected chi connectivity index (χ0v) is 16.2. The molecule has 3 rings (SSSR count). The van der Waals surface area contributed by atoms with E-state index >= 15 is 0 Å². The predicted molar refractivity (Wildman–Crippen MR) is 92.8 cm³/mol. The summed E-state index contributed by atoms with van der Waals surface area (Å²) in [4.78, 5) is 9.32. The molecule has 0 radical (unpaired) electrons. The monoisotopic (exact) mass is 374 g/mol. The van der Waals surface area contributed by atoms with E-state index in [4.69, 9.17) is 22.6 Å². The van der Waals surface area contributed by atoms with E-state index in [9.17, 15) is 4.89 Å². The van der Waals surface area contributed by atoms with E-state index in [1.54, 1.807) is 0 Å². The van der Waals surface area contributed by atoms with Crippen molar-refractivity contribution >= 4 is 17.2 Å². The highest BCUT2D eigenvalue weighted by molar-refractivity contribution is 7.42. The molecule has 6 nitrogen and oxygen atoms in total. The summed E-state index contributed by atoms with van der Waals surface area (Å²) < 4.78 is 28.0. The van der Waals surface area contributed by atoms with Gasteiger partial charge in [0.25, 0.3) is 0 Å². The Morgan fingerprint density at radius 1 is 1.04 bits per heavy atom. The Morgan fingerprint density at radius 3 is 2.21 bits per heavy atom. The van der Waals surface area contributed by atoms with Gasteiger partial charge >= 0.3 is 17.2 Å². The van der Waals surface area contributed by atoms with Crippen LogP contribution in [0, 0.1) is 12.3 Å². The SMILES string of the molecule is Cc1ccc(OP2OCC3(COP(O)OC3)CO2)c(C(C)(C)C)c1. The topological polar surface area (TPSA) is 66.4 Å². The summed E-state index contributed by atoms with van der Waals surface area (Å²) in [5, 5.41) is 0. The number of aryl methyl sites for hydroxylation is 1. The maximum absolute atomic E-state index is 9.32. The van der Waals surface area contributed by atoms with E-state index in [0.29, 0.717) is 26.4 Å². The Kier molecular flexibility index (Phi) is 5.48. The van der Waals surface area contributed by atoms with Crippen molar-refractivity contribution in [1.29, 1.82) is 0 Å². The highest BCUT2D eigenvalue weighted by Crippen LogP contribution is 2.52. The van der Waals surface area contributed by atoms with Crippen LogP contribution >= 0.6 is 17.2 Å². The third kappa shape index (κ3) is 4.25. The molecule has 1 spiro atoms. The van der Waals surface area contributed by atoms with Crippen molar-refractivity contribution in [2.75, 3.05) is 26.4 Å². The zero-order valence-electron chi connectivity index (χ0n) is 14.4. The van der Waals surface area contributed by atoms with Crippen LogP contribution < -0.4 is 4.52 Å². The summed E-state index contributed by atoms with van der Waals surface area (Å²) in [6.07, 6.45) is 0. The lowest BCUT2D eigenvalue weighted by Crippen LogP contribution is -2.44. The summed E-state index contributed by atoms with van der Waals surface area (Å²) in [5.74, 6) is 0.796. The van der Waals surface area contributed by atoms with E-state index in [0.717, 1.165) is 11.3 Å². The summed E-state index contributed by atoms with van der Waals surface area (Å²) in [6.45, 7) is 10.1. The quantitative estimate of drug-likeness (QED) is 0.783. The molecule has 0 bridgehead atoms. The summed E-state index contributed by atoms with van der Waals surface area (Å²) >= 11 is 0. The molecule has 0 aliphatic carbocycles. The Morgan fingerprint density at radius 2 is 1.62 bits per heavy atom. The number of hydrogen-bond acceptors (Lipinski definition) is 6. The van der Waals surface area contributed by atoms with Crippen LogP contribution in [0.25, 0.3) is 0 Å². The van der Waals surface area contributed by atoms with Crippen molar-refractivity contribution in [2.24, 2.45) is 5.41 Å². The largest absolute Gasteiger partial charge is 0.426 e. The maximum Gasteiger partial charge on any atom is 0.397 e. The molecule has 1 aromatic rings. The van der Waals surface area contributed by atoms with Crippen LogP contribution in [0.2, 0.25) is 0 Å². The molecule has 0 saturated carbocycles. The molecule has 24 heavy (non-hydrogen) atoms. The maximum atomic E-state index is 9.32. The lowest BCUT2D eigenvalue weighted by Gasteiger charge is -2.40. The molecular weight excluding hydrogens is 350 g/mol. The van der Waals surface area contributed by atoms with Crippen LogP contribution in [-0.2, 0) is 23.5 Å². The van der Waals surface area contributed by atoms with E-state index in [-0.39, 0.29) is 10.8 Å². The van der Waals surface area contributed by atoms with Crippen molar-refractivity contribution in [1.82, 2.24) is 0 Å². The molecule has 0 unspecified atom stereocenters. The molecule has 0 atom stereocenters. The number of rotatable bonds is 2. The van der Waals surface area contributed by atoms with Crippen LogP contribution in [0.4, 0.5) is 0 Å². The average molecular weight is 374 g/mol. The standard InChI is InChI=1S/C16H24O6P2/c1-12-5-6-14(13(7-12)15(2,3)4)22-24-20-10-16(11-21-24)8-18-23(17)19-9-16/h5-7,17H,8-11H2,1-4H3. The smallest absolute Gasteiger partial charge is 0.397 e. The number of hydrogen-bond donors (Lipinski definition) is 1. The predicted octanol–water partition coefficient (Wildman–Crippen LogP) is 4.20. The Hall–Kier alpha value is -0.320. The van der Waals surface area contributed by atoms with Gasteiger partial charge in [0.2, 0.25) is 0 Å². The molecule has 134 valence electrons. The average Bonchev–Trinajstić information content (AvgIpc) is 2.53. The molecule has 8 heteroatoms. The van der Waals surface area contributed by atoms with Gasteiger partial charge in [-0.3, -0.25) is 0 Å². The van der Waals surface area contributed by atoms with Gasteiger partial charge in [-0.15, -0.1) is 0 Å². The normalized spacial score (nSPS) is 31.2. The molecule has 2 heterocycles. The van der Waals surface area contributed by atoms with Gasteiger partial charge in [0.05, 0.1) is 31.8 Å². The third-order valence-corrected chi connectivity index (χ3v) is 5.76. The van der Waals surface area contributed by atoms with Gasteiger partial charge in [-0.2, -0.15) is 0 Å². The second-order valence-electron chi connectivity index (χ2n) is 7.40. The molecular formula is C16H24O6P2. The molecule has 2 saturated heterocycles. The van der Waals surface area contributed by atoms with Gasteiger partial charge in [-0.1, -0.05) is 38.5 Å². The lowest BCUT2D eigenvalue weighted by atomic mass is 9.85. The van der Waals surface area contributed by atoms with Gasteiger partial charge in [-0.05, 0) is 18.4 Å². The zero-order chi connectivity index (χ0) is 17.4. The van der Waals surface area contributed by atoms with E-state index in [1.807, 2.05) is 12.1 Å². The van der Waals surface area contributed by atoms with Gasteiger partial charge in [0.15, 0.2) is 0 Å². The minimum atomic E-state index is -1.75.